The predicted octanol–water partition coefficient (Wildman–Crippen LogP) is 3.97. The minimum Gasteiger partial charge on any atom is -0.419 e. The first-order chi connectivity index (χ1) is 14.0. The Morgan fingerprint density at radius 3 is 2.28 bits per heavy atom. The van der Waals surface area contributed by atoms with Crippen molar-refractivity contribution >= 4 is 27.3 Å². The van der Waals surface area contributed by atoms with Crippen molar-refractivity contribution < 1.29 is 12.8 Å². The molecule has 3 aromatic rings. The summed E-state index contributed by atoms with van der Waals surface area (Å²) >= 11 is 5.93. The van der Waals surface area contributed by atoms with Gasteiger partial charge in [-0.3, -0.25) is 0 Å². The number of nitrogens with zero attached hydrogens (tertiary/aromatic N) is 3. The highest BCUT2D eigenvalue weighted by Crippen LogP contribution is 2.35. The van der Waals surface area contributed by atoms with Crippen LogP contribution >= 0.6 is 11.6 Å². The van der Waals surface area contributed by atoms with Gasteiger partial charge in [-0.2, -0.15) is 4.98 Å². The van der Waals surface area contributed by atoms with Gasteiger partial charge in [-0.1, -0.05) is 36.7 Å². The summed E-state index contributed by atoms with van der Waals surface area (Å²) in [5, 5.41) is 0.425. The third-order valence-electron chi connectivity index (χ3n) is 5.09. The molecule has 0 atom stereocenters. The lowest BCUT2D eigenvalue weighted by molar-refractivity contribution is 0.266. The summed E-state index contributed by atoms with van der Waals surface area (Å²) < 4.78 is 32.8. The van der Waals surface area contributed by atoms with Crippen molar-refractivity contribution in [2.75, 3.05) is 37.6 Å². The molecule has 4 rings (SSSR count). The smallest absolute Gasteiger partial charge is 0.236 e. The second kappa shape index (κ2) is 8.18. The Bertz CT molecular complexity index is 1070. The number of anilines is 1. The van der Waals surface area contributed by atoms with Gasteiger partial charge in [0.1, 0.15) is 0 Å². The lowest BCUT2D eigenvalue weighted by atomic mass is 10.2. The number of hydrogen-bond acceptors (Lipinski definition) is 6. The summed E-state index contributed by atoms with van der Waals surface area (Å²) in [4.78, 5) is 8.85. The van der Waals surface area contributed by atoms with Crippen LogP contribution in [-0.2, 0) is 9.84 Å². The van der Waals surface area contributed by atoms with Gasteiger partial charge in [0, 0.05) is 36.8 Å². The second-order valence-corrected chi connectivity index (χ2v) is 9.18. The molecule has 2 heterocycles. The Labute approximate surface area is 175 Å². The maximum atomic E-state index is 13.4. The minimum atomic E-state index is -3.86. The van der Waals surface area contributed by atoms with Crippen molar-refractivity contribution in [3.05, 3.63) is 59.6 Å². The van der Waals surface area contributed by atoms with Crippen molar-refractivity contribution in [3.8, 4) is 11.5 Å². The lowest BCUT2D eigenvalue weighted by Crippen LogP contribution is -2.46. The quantitative estimate of drug-likeness (QED) is 0.609. The molecule has 1 aromatic heterocycles. The molecule has 1 aliphatic heterocycles. The van der Waals surface area contributed by atoms with E-state index in [0.29, 0.717) is 29.9 Å². The predicted molar refractivity (Wildman–Crippen MR) is 113 cm³/mol. The molecule has 0 amide bonds. The zero-order valence-corrected chi connectivity index (χ0v) is 17.7. The summed E-state index contributed by atoms with van der Waals surface area (Å²) in [7, 11) is -3.86. The normalized spacial score (nSPS) is 15.6. The van der Waals surface area contributed by atoms with E-state index in [4.69, 9.17) is 16.0 Å². The van der Waals surface area contributed by atoms with Crippen LogP contribution < -0.4 is 4.90 Å². The van der Waals surface area contributed by atoms with Gasteiger partial charge in [-0.05, 0) is 42.9 Å². The molecule has 29 heavy (non-hydrogen) atoms. The highest BCUT2D eigenvalue weighted by atomic mass is 35.5. The summed E-state index contributed by atoms with van der Waals surface area (Å²) in [6, 6.07) is 15.4. The van der Waals surface area contributed by atoms with Gasteiger partial charge in [0.15, 0.2) is 0 Å². The van der Waals surface area contributed by atoms with Crippen molar-refractivity contribution in [2.45, 2.75) is 16.8 Å². The van der Waals surface area contributed by atoms with Gasteiger partial charge >= 0.3 is 0 Å². The number of benzene rings is 2. The summed E-state index contributed by atoms with van der Waals surface area (Å²) in [6.45, 7) is 6.14. The number of hydrogen-bond donors (Lipinski definition) is 0. The summed E-state index contributed by atoms with van der Waals surface area (Å²) in [5.74, 6) is 0.598. The van der Waals surface area contributed by atoms with Crippen LogP contribution in [0.4, 0.5) is 5.88 Å². The number of sulfone groups is 1. The van der Waals surface area contributed by atoms with Gasteiger partial charge in [0.05, 0.1) is 4.90 Å². The average molecular weight is 432 g/mol. The highest BCUT2D eigenvalue weighted by molar-refractivity contribution is 7.91. The zero-order chi connectivity index (χ0) is 20.4. The van der Waals surface area contributed by atoms with Crippen molar-refractivity contribution in [2.24, 2.45) is 0 Å². The van der Waals surface area contributed by atoms with E-state index in [1.165, 1.54) is 12.1 Å². The van der Waals surface area contributed by atoms with E-state index in [2.05, 4.69) is 16.8 Å². The van der Waals surface area contributed by atoms with Crippen molar-refractivity contribution in [3.63, 3.8) is 0 Å². The van der Waals surface area contributed by atoms with Gasteiger partial charge in [-0.15, -0.1) is 0 Å². The first kappa shape index (κ1) is 19.9. The number of likely N-dealkylation sites (N-methyl/N-ethyl adjacent to an activating group) is 1. The monoisotopic (exact) mass is 431 g/mol. The molecule has 152 valence electrons. The van der Waals surface area contributed by atoms with Crippen LogP contribution in [0.5, 0.6) is 0 Å². The molecular weight excluding hydrogens is 410 g/mol. The zero-order valence-electron chi connectivity index (χ0n) is 16.1. The van der Waals surface area contributed by atoms with Gasteiger partial charge in [-0.25, -0.2) is 8.42 Å². The van der Waals surface area contributed by atoms with E-state index in [-0.39, 0.29) is 9.92 Å². The first-order valence-electron chi connectivity index (χ1n) is 9.53. The van der Waals surface area contributed by atoms with Crippen molar-refractivity contribution in [1.29, 1.82) is 0 Å². The molecule has 6 nitrogen and oxygen atoms in total. The molecule has 0 unspecified atom stereocenters. The molecule has 0 aliphatic carbocycles. The fourth-order valence-corrected chi connectivity index (χ4v) is 4.82. The molecule has 0 N–H and O–H groups in total. The number of aromatic nitrogens is 1. The van der Waals surface area contributed by atoms with E-state index in [9.17, 15) is 8.42 Å². The molecule has 0 bridgehead atoms. The molecule has 2 aromatic carbocycles. The van der Waals surface area contributed by atoms with E-state index < -0.39 is 9.84 Å². The van der Waals surface area contributed by atoms with E-state index in [1.54, 1.807) is 12.1 Å². The van der Waals surface area contributed by atoms with Gasteiger partial charge in [0.25, 0.3) is 0 Å². The number of oxazole rings is 1. The molecule has 0 saturated carbocycles. The Balaban J connectivity index is 1.79. The molecule has 8 heteroatoms. The van der Waals surface area contributed by atoms with Crippen LogP contribution in [-0.4, -0.2) is 51.0 Å². The number of rotatable bonds is 5. The van der Waals surface area contributed by atoms with Crippen LogP contribution in [0.2, 0.25) is 5.02 Å². The first-order valence-corrected chi connectivity index (χ1v) is 11.4. The Morgan fingerprint density at radius 1 is 1.00 bits per heavy atom. The minimum absolute atomic E-state index is 0.0522. The van der Waals surface area contributed by atoms with Crippen LogP contribution in [0.3, 0.4) is 0 Å². The fraction of sp³-hybridized carbons (Fsp3) is 0.286. The molecular formula is C21H22ClN3O3S. The van der Waals surface area contributed by atoms with Crippen LogP contribution in [0.15, 0.2) is 68.9 Å². The van der Waals surface area contributed by atoms with Crippen molar-refractivity contribution in [1.82, 2.24) is 9.88 Å². The SMILES string of the molecule is CCN1CCN(c2oc(-c3ccccc3)nc2S(=O)(=O)c2ccc(Cl)cc2)CC1. The Hall–Kier alpha value is -2.35. The van der Waals surface area contributed by atoms with Crippen LogP contribution in [0, 0.1) is 0 Å². The average Bonchev–Trinajstić information content (AvgIpc) is 3.21. The third-order valence-corrected chi connectivity index (χ3v) is 7.01. The molecule has 1 fully saturated rings. The molecule has 1 saturated heterocycles. The number of piperazine rings is 1. The number of halogens is 1. The topological polar surface area (TPSA) is 66.7 Å². The maximum Gasteiger partial charge on any atom is 0.236 e. The Kier molecular flexibility index (Phi) is 5.63. The standard InChI is InChI=1S/C21H22ClN3O3S/c1-2-24-12-14-25(15-13-24)21-20(23-19(28-21)16-6-4-3-5-7-16)29(26,27)18-10-8-17(22)9-11-18/h3-11H,2,12-15H2,1H3. The third kappa shape index (κ3) is 4.03. The van der Waals surface area contributed by atoms with Gasteiger partial charge < -0.3 is 14.2 Å². The van der Waals surface area contributed by atoms with Gasteiger partial charge in [0.2, 0.25) is 26.6 Å². The largest absolute Gasteiger partial charge is 0.419 e. The fourth-order valence-electron chi connectivity index (χ4n) is 3.37. The van der Waals surface area contributed by atoms with Crippen LogP contribution in [0.25, 0.3) is 11.5 Å². The maximum absolute atomic E-state index is 13.4. The van der Waals surface area contributed by atoms with Crippen LogP contribution in [0.1, 0.15) is 6.92 Å². The van der Waals surface area contributed by atoms with E-state index in [1.807, 2.05) is 35.2 Å². The van der Waals surface area contributed by atoms with E-state index in [0.717, 1.165) is 25.2 Å². The molecule has 1 aliphatic rings. The molecule has 0 spiro atoms. The Morgan fingerprint density at radius 2 is 1.66 bits per heavy atom. The van der Waals surface area contributed by atoms with E-state index >= 15 is 0 Å². The summed E-state index contributed by atoms with van der Waals surface area (Å²) in [5.41, 5.74) is 0.735. The molecule has 0 radical (unpaired) electrons. The highest BCUT2D eigenvalue weighted by Gasteiger charge is 2.32. The summed E-state index contributed by atoms with van der Waals surface area (Å²) in [6.07, 6.45) is 0. The second-order valence-electron chi connectivity index (χ2n) is 6.87. The lowest BCUT2D eigenvalue weighted by Gasteiger charge is -2.33.